The van der Waals surface area contributed by atoms with E-state index >= 15 is 0 Å². The minimum Gasteiger partial charge on any atom is -0.0312 e. The van der Waals surface area contributed by atoms with Crippen LogP contribution in [-0.4, -0.2) is 4.92 Å². The summed E-state index contributed by atoms with van der Waals surface area (Å²) in [6.07, 6.45) is 10.0. The monoisotopic (exact) mass is 403 g/mol. The van der Waals surface area contributed by atoms with Crippen molar-refractivity contribution in [1.29, 1.82) is 0 Å². The summed E-state index contributed by atoms with van der Waals surface area (Å²) in [5.74, 6) is 0. The normalized spacial score (nSPS) is 16.3. The first-order chi connectivity index (χ1) is 9.65. The molecule has 11 heteroatoms. The Morgan fingerprint density at radius 1 is 0.913 bits per heavy atom. The quantitative estimate of drug-likeness (QED) is 0.182. The Kier molecular flexibility index (Phi) is 8.81. The zero-order valence-corrected chi connectivity index (χ0v) is 13.5. The fourth-order valence-electron chi connectivity index (χ4n) is 1.06. The van der Waals surface area contributed by atoms with Crippen LogP contribution in [0.3, 0.4) is 0 Å². The van der Waals surface area contributed by atoms with E-state index in [-0.39, 0.29) is 22.8 Å². The number of nitrogens with zero attached hydrogens (tertiary/aromatic N) is 1. The standard InChI is InChI=1S/C7H7NO2.C5H5.F6P.Fe/c1-6-3-2-4-7(5-6)8(9)10;1-2-4-5-3-1;1-7(2,3,4,5)6;/h2-5H,1H3;1-5H;;/q;;-1;. The molecular formula is C12H12F6FeNO2P-. The molecule has 0 bridgehead atoms. The maximum atomic E-state index is 10.2. The molecule has 23 heavy (non-hydrogen) atoms. The number of hydrogen-bond acceptors (Lipinski definition) is 2. The van der Waals surface area contributed by atoms with Gasteiger partial charge in [0.15, 0.2) is 0 Å². The first-order valence-electron chi connectivity index (χ1n) is 5.59. The minimum absolute atomic E-state index is 0. The van der Waals surface area contributed by atoms with Gasteiger partial charge < -0.3 is 0 Å². The van der Waals surface area contributed by atoms with Gasteiger partial charge in [0, 0.05) is 29.2 Å². The molecule has 0 aliphatic heterocycles. The molecule has 1 fully saturated rings. The van der Waals surface area contributed by atoms with Crippen LogP contribution in [-0.2, 0) is 17.1 Å². The fraction of sp³-hybridized carbons (Fsp3) is 0.0833. The molecule has 1 aromatic rings. The summed E-state index contributed by atoms with van der Waals surface area (Å²) in [5, 5.41) is 10.2. The van der Waals surface area contributed by atoms with Crippen molar-refractivity contribution in [3.63, 3.8) is 0 Å². The SMILES string of the molecule is Cc1cccc([N+](=O)[O-])c1.F[P-](F)(F)(F)(F)F.[CH]1[CH][CH][CH][CH]1.[Fe]. The van der Waals surface area contributed by atoms with Gasteiger partial charge in [0.2, 0.25) is 0 Å². The Labute approximate surface area is 140 Å². The molecule has 3 nitrogen and oxygen atoms in total. The van der Waals surface area contributed by atoms with Gasteiger partial charge in [0.25, 0.3) is 5.69 Å². The van der Waals surface area contributed by atoms with Crippen molar-refractivity contribution < 1.29 is 47.2 Å². The predicted octanol–water partition coefficient (Wildman–Crippen LogP) is 6.30. The van der Waals surface area contributed by atoms with Crippen LogP contribution in [0, 0.1) is 49.1 Å². The summed E-state index contributed by atoms with van der Waals surface area (Å²) in [5.41, 5.74) is 1.06. The smallest absolute Gasteiger partial charge is 0 e. The molecule has 0 atom stereocenters. The summed E-state index contributed by atoms with van der Waals surface area (Å²) in [6, 6.07) is 6.52. The number of nitro groups is 1. The van der Waals surface area contributed by atoms with Crippen molar-refractivity contribution in [2.24, 2.45) is 0 Å². The van der Waals surface area contributed by atoms with Crippen molar-refractivity contribution in [3.05, 3.63) is 72.0 Å². The molecule has 0 N–H and O–H groups in total. The van der Waals surface area contributed by atoms with Crippen LogP contribution in [0.2, 0.25) is 0 Å². The van der Waals surface area contributed by atoms with E-state index in [1.165, 1.54) is 6.07 Å². The summed E-state index contributed by atoms with van der Waals surface area (Å²) in [7, 11) is -10.7. The van der Waals surface area contributed by atoms with Crippen molar-refractivity contribution in [1.82, 2.24) is 0 Å². The molecule has 0 spiro atoms. The Bertz CT molecular complexity index is 486. The predicted molar refractivity (Wildman–Crippen MR) is 72.9 cm³/mol. The second-order valence-electron chi connectivity index (χ2n) is 4.02. The van der Waals surface area contributed by atoms with Gasteiger partial charge in [-0.05, 0) is 44.6 Å². The van der Waals surface area contributed by atoms with Crippen LogP contribution in [0.5, 0.6) is 0 Å². The van der Waals surface area contributed by atoms with Crippen molar-refractivity contribution >= 4 is 13.5 Å². The Morgan fingerprint density at radius 3 is 1.48 bits per heavy atom. The minimum atomic E-state index is -10.7. The molecule has 0 unspecified atom stereocenters. The van der Waals surface area contributed by atoms with Gasteiger partial charge >= 0.3 is 33.0 Å². The molecule has 0 heterocycles. The van der Waals surface area contributed by atoms with Crippen LogP contribution in [0.25, 0.3) is 0 Å². The summed E-state index contributed by atoms with van der Waals surface area (Å²) < 4.78 is 59.2. The van der Waals surface area contributed by atoms with E-state index in [0.29, 0.717) is 0 Å². The molecule has 5 radical (unpaired) electrons. The van der Waals surface area contributed by atoms with Crippen LogP contribution in [0.15, 0.2) is 24.3 Å². The second-order valence-corrected chi connectivity index (χ2v) is 5.93. The molecule has 1 saturated carbocycles. The van der Waals surface area contributed by atoms with Gasteiger partial charge in [0.05, 0.1) is 4.92 Å². The van der Waals surface area contributed by atoms with E-state index < -0.39 is 12.7 Å². The number of aryl methyl sites for hydroxylation is 1. The van der Waals surface area contributed by atoms with Gasteiger partial charge in [-0.1, -0.05) is 12.1 Å². The first kappa shape index (κ1) is 24.4. The van der Waals surface area contributed by atoms with E-state index in [4.69, 9.17) is 0 Å². The zero-order chi connectivity index (χ0) is 17.5. The van der Waals surface area contributed by atoms with Crippen LogP contribution in [0.1, 0.15) is 5.56 Å². The average molecular weight is 403 g/mol. The molecule has 0 amide bonds. The molecule has 1 aliphatic rings. The molecule has 0 saturated heterocycles. The molecule has 2 rings (SSSR count). The Balaban J connectivity index is 0. The fourth-order valence-corrected chi connectivity index (χ4v) is 1.06. The third-order valence-electron chi connectivity index (χ3n) is 1.77. The van der Waals surface area contributed by atoms with E-state index in [1.807, 2.05) is 45.1 Å². The number of hydrogen-bond donors (Lipinski definition) is 0. The third-order valence-corrected chi connectivity index (χ3v) is 1.77. The maximum absolute atomic E-state index is 10.7. The largest absolute Gasteiger partial charge is 0.0312 e. The molecule has 133 valence electrons. The van der Waals surface area contributed by atoms with Gasteiger partial charge in [-0.2, -0.15) is 0 Å². The first-order valence-corrected chi connectivity index (χ1v) is 7.62. The van der Waals surface area contributed by atoms with E-state index in [2.05, 4.69) is 0 Å². The van der Waals surface area contributed by atoms with Crippen LogP contribution >= 0.6 is 7.81 Å². The maximum Gasteiger partial charge on any atom is 0 e. The number of benzene rings is 1. The zero-order valence-electron chi connectivity index (χ0n) is 11.5. The van der Waals surface area contributed by atoms with Gasteiger partial charge in [-0.3, -0.25) is 10.1 Å². The molecule has 0 aromatic heterocycles. The third kappa shape index (κ3) is 23.5. The van der Waals surface area contributed by atoms with Crippen LogP contribution in [0.4, 0.5) is 30.9 Å². The van der Waals surface area contributed by atoms with E-state index in [1.54, 1.807) is 12.1 Å². The van der Waals surface area contributed by atoms with Crippen molar-refractivity contribution in [3.8, 4) is 0 Å². The van der Waals surface area contributed by atoms with E-state index in [9.17, 15) is 35.3 Å². The number of non-ortho nitro benzene ring substituents is 1. The second kappa shape index (κ2) is 8.31. The van der Waals surface area contributed by atoms with E-state index in [0.717, 1.165) is 5.56 Å². The number of rotatable bonds is 1. The number of nitro benzene ring substituents is 1. The topological polar surface area (TPSA) is 43.1 Å². The summed E-state index contributed by atoms with van der Waals surface area (Å²) in [4.78, 5) is 9.76. The molecular weight excluding hydrogens is 391 g/mol. The number of halogens is 6. The molecule has 1 aliphatic carbocycles. The van der Waals surface area contributed by atoms with Gasteiger partial charge in [-0.25, -0.2) is 0 Å². The van der Waals surface area contributed by atoms with Gasteiger partial charge in [0.1, 0.15) is 0 Å². The molecule has 1 aromatic carbocycles. The Hall–Kier alpha value is -0.851. The van der Waals surface area contributed by atoms with Crippen molar-refractivity contribution in [2.45, 2.75) is 6.92 Å². The summed E-state index contributed by atoms with van der Waals surface area (Å²) in [6.45, 7) is 1.83. The van der Waals surface area contributed by atoms with Gasteiger partial charge in [-0.15, -0.1) is 0 Å². The van der Waals surface area contributed by atoms with Crippen molar-refractivity contribution in [2.75, 3.05) is 0 Å². The average Bonchev–Trinajstić information content (AvgIpc) is 2.82. The Morgan fingerprint density at radius 2 is 1.26 bits per heavy atom. The summed E-state index contributed by atoms with van der Waals surface area (Å²) >= 11 is 0. The van der Waals surface area contributed by atoms with Crippen LogP contribution < -0.4 is 0 Å².